The molecule has 14 heteroatoms. The molecule has 1 aliphatic carbocycles. The third kappa shape index (κ3) is 6.79. The summed E-state index contributed by atoms with van der Waals surface area (Å²) in [5, 5.41) is 7.46. The highest BCUT2D eigenvalue weighted by Crippen LogP contribution is 2.39. The van der Waals surface area contributed by atoms with Gasteiger partial charge in [-0.05, 0) is 43.2 Å². The Labute approximate surface area is 218 Å². The molecule has 0 radical (unpaired) electrons. The van der Waals surface area contributed by atoms with Crippen molar-refractivity contribution >= 4 is 57.9 Å². The largest absolute Gasteiger partial charge is 0.418 e. The van der Waals surface area contributed by atoms with E-state index in [1.54, 1.807) is 0 Å². The van der Waals surface area contributed by atoms with Gasteiger partial charge in [-0.1, -0.05) is 11.6 Å². The molecule has 0 spiro atoms. The van der Waals surface area contributed by atoms with Crippen LogP contribution in [0.2, 0.25) is 4.34 Å². The Hall–Kier alpha value is -3.16. The maximum Gasteiger partial charge on any atom is 0.418 e. The number of alkyl halides is 3. The molecule has 2 fully saturated rings. The zero-order chi connectivity index (χ0) is 26.7. The lowest BCUT2D eigenvalue weighted by Crippen LogP contribution is -2.51. The second-order valence-corrected chi connectivity index (χ2v) is 10.2. The fourth-order valence-electron chi connectivity index (χ4n) is 3.64. The van der Waals surface area contributed by atoms with Crippen LogP contribution in [-0.4, -0.2) is 56.0 Å². The van der Waals surface area contributed by atoms with Crippen LogP contribution in [0.15, 0.2) is 30.3 Å². The van der Waals surface area contributed by atoms with E-state index in [2.05, 4.69) is 16.0 Å². The quantitative estimate of drug-likeness (QED) is 0.460. The van der Waals surface area contributed by atoms with Crippen LogP contribution < -0.4 is 20.9 Å². The maximum atomic E-state index is 13.9. The van der Waals surface area contributed by atoms with Crippen molar-refractivity contribution in [2.75, 3.05) is 36.5 Å². The molecule has 9 nitrogen and oxygen atoms in total. The highest BCUT2D eigenvalue weighted by molar-refractivity contribution is 7.18. The molecule has 0 unspecified atom stereocenters. The molecule has 4 amide bonds. The second-order valence-electron chi connectivity index (χ2n) is 8.47. The van der Waals surface area contributed by atoms with Gasteiger partial charge in [-0.3, -0.25) is 19.2 Å². The van der Waals surface area contributed by atoms with E-state index in [-0.39, 0.29) is 49.5 Å². The smallest absolute Gasteiger partial charge is 0.370 e. The van der Waals surface area contributed by atoms with Gasteiger partial charge in [-0.25, -0.2) is 0 Å². The lowest BCUT2D eigenvalue weighted by Gasteiger charge is -2.29. The first-order chi connectivity index (χ1) is 17.5. The standard InChI is InChI=1S/C23H22ClF3N4O5S/c24-18-6-5-17(37-18)22(35)28-10-15(30-20(33)12-1-2-12)21(34)29-13-3-4-16(14(9-13)23(25,26)27)31-7-8-36-11-19(31)32/h3-6,9,12,15H,1-2,7-8,10-11H2,(H,28,35)(H,29,34)(H,30,33)/t15-/m0/s1. The monoisotopic (exact) mass is 558 g/mol. The number of thiophene rings is 1. The van der Waals surface area contributed by atoms with Crippen molar-refractivity contribution in [3.05, 3.63) is 45.1 Å². The molecule has 1 aliphatic heterocycles. The molecular formula is C23H22ClF3N4O5S. The fourth-order valence-corrected chi connectivity index (χ4v) is 4.60. The van der Waals surface area contributed by atoms with Gasteiger partial charge in [-0.15, -0.1) is 11.3 Å². The van der Waals surface area contributed by atoms with E-state index in [0.717, 1.165) is 28.4 Å². The molecule has 1 aromatic carbocycles. The van der Waals surface area contributed by atoms with Crippen LogP contribution in [0.25, 0.3) is 0 Å². The Morgan fingerprint density at radius 3 is 2.57 bits per heavy atom. The van der Waals surface area contributed by atoms with Crippen molar-refractivity contribution in [2.45, 2.75) is 25.1 Å². The third-order valence-corrected chi connectivity index (χ3v) is 6.92. The molecule has 2 aromatic rings. The summed E-state index contributed by atoms with van der Waals surface area (Å²) in [6.45, 7) is -0.585. The fraction of sp³-hybridized carbons (Fsp3) is 0.391. The topological polar surface area (TPSA) is 117 Å². The molecule has 2 heterocycles. The number of benzene rings is 1. The summed E-state index contributed by atoms with van der Waals surface area (Å²) < 4.78 is 46.9. The van der Waals surface area contributed by atoms with Gasteiger partial charge in [0.2, 0.25) is 11.8 Å². The van der Waals surface area contributed by atoms with Crippen LogP contribution in [0.3, 0.4) is 0 Å². The van der Waals surface area contributed by atoms with E-state index in [4.69, 9.17) is 16.3 Å². The van der Waals surface area contributed by atoms with Crippen LogP contribution in [0.4, 0.5) is 24.5 Å². The number of carbonyl (C=O) groups excluding carboxylic acids is 4. The average molecular weight is 559 g/mol. The molecular weight excluding hydrogens is 537 g/mol. The van der Waals surface area contributed by atoms with Crippen LogP contribution in [-0.2, 0) is 25.3 Å². The Morgan fingerprint density at radius 1 is 1.19 bits per heavy atom. The second kappa shape index (κ2) is 11.1. The SMILES string of the molecule is O=C(NC[C@H](NC(=O)C1CC1)C(=O)Nc1ccc(N2CCOCC2=O)c(C(F)(F)F)c1)c1ccc(Cl)s1. The van der Waals surface area contributed by atoms with Crippen LogP contribution in [0.1, 0.15) is 28.1 Å². The minimum Gasteiger partial charge on any atom is -0.370 e. The summed E-state index contributed by atoms with van der Waals surface area (Å²) in [5.41, 5.74) is -1.65. The summed E-state index contributed by atoms with van der Waals surface area (Å²) in [5.74, 6) is -2.58. The molecule has 1 aromatic heterocycles. The Morgan fingerprint density at radius 2 is 1.95 bits per heavy atom. The molecule has 2 aliphatic rings. The number of halogens is 4. The number of carbonyl (C=O) groups is 4. The van der Waals surface area contributed by atoms with E-state index in [9.17, 15) is 32.3 Å². The van der Waals surface area contributed by atoms with Gasteiger partial charge in [0, 0.05) is 24.7 Å². The third-order valence-electron chi connectivity index (χ3n) is 5.69. The zero-order valence-electron chi connectivity index (χ0n) is 19.2. The Balaban J connectivity index is 1.51. The first-order valence-electron chi connectivity index (χ1n) is 11.3. The number of hydrogen-bond donors (Lipinski definition) is 3. The van der Waals surface area contributed by atoms with E-state index >= 15 is 0 Å². The number of anilines is 2. The van der Waals surface area contributed by atoms with Gasteiger partial charge in [0.15, 0.2) is 0 Å². The number of amides is 4. The molecule has 1 atom stereocenters. The summed E-state index contributed by atoms with van der Waals surface area (Å²) in [4.78, 5) is 51.1. The van der Waals surface area contributed by atoms with Crippen LogP contribution in [0, 0.1) is 5.92 Å². The molecule has 37 heavy (non-hydrogen) atoms. The van der Waals surface area contributed by atoms with Gasteiger partial charge < -0.3 is 25.6 Å². The van der Waals surface area contributed by atoms with Gasteiger partial charge in [0.05, 0.1) is 27.1 Å². The molecule has 3 N–H and O–H groups in total. The molecule has 1 saturated heterocycles. The first-order valence-corrected chi connectivity index (χ1v) is 12.5. The van der Waals surface area contributed by atoms with Crippen molar-refractivity contribution in [2.24, 2.45) is 5.92 Å². The number of nitrogens with one attached hydrogen (secondary N) is 3. The normalized spacial score (nSPS) is 16.8. The van der Waals surface area contributed by atoms with Crippen molar-refractivity contribution in [1.29, 1.82) is 0 Å². The van der Waals surface area contributed by atoms with Crippen molar-refractivity contribution in [3.8, 4) is 0 Å². The van der Waals surface area contributed by atoms with E-state index in [1.807, 2.05) is 0 Å². The van der Waals surface area contributed by atoms with E-state index in [0.29, 0.717) is 22.1 Å². The molecule has 4 rings (SSSR count). The lowest BCUT2D eigenvalue weighted by molar-refractivity contribution is -0.137. The van der Waals surface area contributed by atoms with Gasteiger partial charge in [-0.2, -0.15) is 13.2 Å². The van der Waals surface area contributed by atoms with Gasteiger partial charge in [0.1, 0.15) is 12.6 Å². The lowest BCUT2D eigenvalue weighted by atomic mass is 10.1. The van der Waals surface area contributed by atoms with E-state index < -0.39 is 35.5 Å². The van der Waals surface area contributed by atoms with Crippen LogP contribution in [0.5, 0.6) is 0 Å². The highest BCUT2D eigenvalue weighted by Gasteiger charge is 2.38. The molecule has 0 bridgehead atoms. The van der Waals surface area contributed by atoms with Crippen molar-refractivity contribution in [1.82, 2.24) is 10.6 Å². The summed E-state index contributed by atoms with van der Waals surface area (Å²) in [7, 11) is 0. The molecule has 198 valence electrons. The van der Waals surface area contributed by atoms with Gasteiger partial charge >= 0.3 is 6.18 Å². The Kier molecular flexibility index (Phi) is 8.05. The summed E-state index contributed by atoms with van der Waals surface area (Å²) in [6, 6.07) is 4.84. The van der Waals surface area contributed by atoms with Crippen molar-refractivity contribution in [3.63, 3.8) is 0 Å². The van der Waals surface area contributed by atoms with Gasteiger partial charge in [0.25, 0.3) is 11.8 Å². The minimum atomic E-state index is -4.82. The summed E-state index contributed by atoms with van der Waals surface area (Å²) >= 11 is 6.87. The zero-order valence-corrected chi connectivity index (χ0v) is 20.8. The number of hydrogen-bond acceptors (Lipinski definition) is 6. The summed E-state index contributed by atoms with van der Waals surface area (Å²) in [6.07, 6.45) is -3.49. The number of morpholine rings is 1. The minimum absolute atomic E-state index is 0.0436. The van der Waals surface area contributed by atoms with E-state index in [1.165, 1.54) is 18.2 Å². The predicted molar refractivity (Wildman–Crippen MR) is 130 cm³/mol. The number of ether oxygens (including phenoxy) is 1. The number of rotatable bonds is 8. The Bertz CT molecular complexity index is 1220. The van der Waals surface area contributed by atoms with Crippen LogP contribution >= 0.6 is 22.9 Å². The molecule has 1 saturated carbocycles. The first kappa shape index (κ1) is 26.9. The van der Waals surface area contributed by atoms with Crippen molar-refractivity contribution < 1.29 is 37.1 Å². The predicted octanol–water partition coefficient (Wildman–Crippen LogP) is 3.05. The average Bonchev–Trinajstić information content (AvgIpc) is 3.61. The maximum absolute atomic E-state index is 13.9. The highest BCUT2D eigenvalue weighted by atomic mass is 35.5. The number of nitrogens with zero attached hydrogens (tertiary/aromatic N) is 1.